The average Bonchev–Trinajstić information content (AvgIpc) is 3.11. The summed E-state index contributed by atoms with van der Waals surface area (Å²) in [5.74, 6) is 0.719. The van der Waals surface area contributed by atoms with E-state index in [0.29, 0.717) is 33.0 Å². The Bertz CT molecular complexity index is 1060. The normalized spacial score (nSPS) is 10.5. The van der Waals surface area contributed by atoms with Crippen LogP contribution in [0.5, 0.6) is 5.75 Å². The Morgan fingerprint density at radius 3 is 2.63 bits per heavy atom. The van der Waals surface area contributed by atoms with Crippen molar-refractivity contribution >= 4 is 40.9 Å². The lowest BCUT2D eigenvalue weighted by Crippen LogP contribution is -2.25. The predicted molar refractivity (Wildman–Crippen MR) is 116 cm³/mol. The number of para-hydroxylation sites is 2. The molecule has 156 valence electrons. The second-order valence-electron chi connectivity index (χ2n) is 6.16. The van der Waals surface area contributed by atoms with Gasteiger partial charge in [-0.25, -0.2) is 0 Å². The summed E-state index contributed by atoms with van der Waals surface area (Å²) in [5, 5.41) is 14.8. The Balaban J connectivity index is 1.55. The van der Waals surface area contributed by atoms with Crippen molar-refractivity contribution in [3.05, 3.63) is 64.9 Å². The number of carbonyl (C=O) groups excluding carboxylic acids is 2. The van der Waals surface area contributed by atoms with Crippen LogP contribution in [0.25, 0.3) is 0 Å². The predicted octanol–water partition coefficient (Wildman–Crippen LogP) is 3.14. The number of benzene rings is 2. The van der Waals surface area contributed by atoms with E-state index < -0.39 is 0 Å². The molecule has 2 N–H and O–H groups in total. The van der Waals surface area contributed by atoms with Crippen LogP contribution < -0.4 is 15.4 Å². The van der Waals surface area contributed by atoms with Crippen LogP contribution in [0.1, 0.15) is 16.2 Å². The first-order valence-electron chi connectivity index (χ1n) is 8.96. The number of hydrogen-bond acceptors (Lipinski definition) is 6. The summed E-state index contributed by atoms with van der Waals surface area (Å²) in [6.07, 6.45) is 0. The van der Waals surface area contributed by atoms with Crippen LogP contribution in [0.4, 0.5) is 5.69 Å². The highest BCUT2D eigenvalue weighted by Gasteiger charge is 2.15. The Morgan fingerprint density at radius 1 is 1.13 bits per heavy atom. The summed E-state index contributed by atoms with van der Waals surface area (Å²) in [4.78, 5) is 24.6. The first kappa shape index (κ1) is 21.7. The molecule has 0 radical (unpaired) electrons. The highest BCUT2D eigenvalue weighted by molar-refractivity contribution is 7.99. The summed E-state index contributed by atoms with van der Waals surface area (Å²) < 4.78 is 6.94. The van der Waals surface area contributed by atoms with Gasteiger partial charge in [0.2, 0.25) is 5.91 Å². The van der Waals surface area contributed by atoms with Crippen molar-refractivity contribution in [2.45, 2.75) is 11.7 Å². The molecule has 3 aromatic rings. The van der Waals surface area contributed by atoms with Gasteiger partial charge in [0, 0.05) is 7.05 Å². The van der Waals surface area contributed by atoms with E-state index in [2.05, 4.69) is 20.8 Å². The van der Waals surface area contributed by atoms with Gasteiger partial charge in [-0.15, -0.1) is 10.2 Å². The quantitative estimate of drug-likeness (QED) is 0.517. The minimum atomic E-state index is -0.274. The van der Waals surface area contributed by atoms with Gasteiger partial charge >= 0.3 is 0 Å². The Morgan fingerprint density at radius 2 is 1.87 bits per heavy atom. The molecule has 0 aliphatic carbocycles. The van der Waals surface area contributed by atoms with Gasteiger partial charge in [0.05, 0.1) is 35.7 Å². The number of rotatable bonds is 8. The molecule has 2 amide bonds. The zero-order valence-corrected chi connectivity index (χ0v) is 18.0. The van der Waals surface area contributed by atoms with E-state index in [9.17, 15) is 9.59 Å². The third-order valence-corrected chi connectivity index (χ3v) is 5.51. The van der Waals surface area contributed by atoms with Gasteiger partial charge in [-0.1, -0.05) is 47.6 Å². The standard InChI is InChI=1S/C20H20ClN5O3S/c1-26-17(11-22-19(28)13-7-3-6-10-16(13)29-2)24-25-20(26)30-12-18(27)23-15-9-5-4-8-14(15)21/h3-10H,11-12H2,1-2H3,(H,22,28)(H,23,27). The monoisotopic (exact) mass is 445 g/mol. The number of halogens is 1. The van der Waals surface area contributed by atoms with Crippen LogP contribution in [0.3, 0.4) is 0 Å². The first-order chi connectivity index (χ1) is 14.5. The SMILES string of the molecule is COc1ccccc1C(=O)NCc1nnc(SCC(=O)Nc2ccccc2Cl)n1C. The molecule has 0 bridgehead atoms. The van der Waals surface area contributed by atoms with E-state index in [0.717, 1.165) is 0 Å². The number of amides is 2. The molecular formula is C20H20ClN5O3S. The number of ether oxygens (including phenoxy) is 1. The molecule has 30 heavy (non-hydrogen) atoms. The fraction of sp³-hybridized carbons (Fsp3) is 0.200. The van der Waals surface area contributed by atoms with Crippen molar-refractivity contribution in [3.8, 4) is 5.75 Å². The van der Waals surface area contributed by atoms with Crippen molar-refractivity contribution in [1.29, 1.82) is 0 Å². The minimum absolute atomic E-state index is 0.144. The number of thioether (sulfide) groups is 1. The number of carbonyl (C=O) groups is 2. The molecule has 3 rings (SSSR count). The third kappa shape index (κ3) is 5.31. The zero-order chi connectivity index (χ0) is 21.5. The number of aromatic nitrogens is 3. The van der Waals surface area contributed by atoms with Crippen LogP contribution in [-0.2, 0) is 18.4 Å². The van der Waals surface area contributed by atoms with Crippen molar-refractivity contribution in [3.63, 3.8) is 0 Å². The molecule has 0 atom stereocenters. The summed E-state index contributed by atoms with van der Waals surface area (Å²) in [6.45, 7) is 0.187. The summed E-state index contributed by atoms with van der Waals surface area (Å²) >= 11 is 7.29. The lowest BCUT2D eigenvalue weighted by atomic mass is 10.2. The van der Waals surface area contributed by atoms with Crippen molar-refractivity contribution in [2.75, 3.05) is 18.2 Å². The molecule has 1 aromatic heterocycles. The van der Waals surface area contributed by atoms with Crippen LogP contribution in [0, 0.1) is 0 Å². The molecule has 0 saturated heterocycles. The molecular weight excluding hydrogens is 426 g/mol. The van der Waals surface area contributed by atoms with Gasteiger partial charge in [-0.3, -0.25) is 9.59 Å². The maximum atomic E-state index is 12.4. The Labute approximate surface area is 183 Å². The Kier molecular flexibility index (Phi) is 7.31. The summed E-state index contributed by atoms with van der Waals surface area (Å²) in [7, 11) is 3.29. The van der Waals surface area contributed by atoms with E-state index >= 15 is 0 Å². The van der Waals surface area contributed by atoms with Crippen LogP contribution in [0.2, 0.25) is 5.02 Å². The average molecular weight is 446 g/mol. The van der Waals surface area contributed by atoms with Gasteiger partial charge < -0.3 is 19.9 Å². The molecule has 0 aliphatic heterocycles. The van der Waals surface area contributed by atoms with Crippen molar-refractivity contribution in [1.82, 2.24) is 20.1 Å². The largest absolute Gasteiger partial charge is 0.496 e. The van der Waals surface area contributed by atoms with E-state index in [4.69, 9.17) is 16.3 Å². The number of nitrogens with one attached hydrogen (secondary N) is 2. The lowest BCUT2D eigenvalue weighted by molar-refractivity contribution is -0.113. The van der Waals surface area contributed by atoms with Crippen molar-refractivity contribution in [2.24, 2.45) is 7.05 Å². The molecule has 0 aliphatic rings. The highest BCUT2D eigenvalue weighted by atomic mass is 35.5. The van der Waals surface area contributed by atoms with Crippen LogP contribution >= 0.6 is 23.4 Å². The van der Waals surface area contributed by atoms with Gasteiger partial charge in [0.25, 0.3) is 5.91 Å². The van der Waals surface area contributed by atoms with Gasteiger partial charge in [-0.05, 0) is 24.3 Å². The van der Waals surface area contributed by atoms with E-state index in [1.165, 1.54) is 18.9 Å². The molecule has 1 heterocycles. The van der Waals surface area contributed by atoms with Gasteiger partial charge in [-0.2, -0.15) is 0 Å². The number of nitrogens with zero attached hydrogens (tertiary/aromatic N) is 3. The van der Waals surface area contributed by atoms with Crippen molar-refractivity contribution < 1.29 is 14.3 Å². The van der Waals surface area contributed by atoms with Crippen LogP contribution in [-0.4, -0.2) is 39.4 Å². The number of anilines is 1. The molecule has 0 unspecified atom stereocenters. The second kappa shape index (κ2) is 10.1. The maximum absolute atomic E-state index is 12.4. The van der Waals surface area contributed by atoms with E-state index in [1.807, 2.05) is 0 Å². The zero-order valence-electron chi connectivity index (χ0n) is 16.4. The topological polar surface area (TPSA) is 98.1 Å². The summed E-state index contributed by atoms with van der Waals surface area (Å²) in [5.41, 5.74) is 0.996. The second-order valence-corrected chi connectivity index (χ2v) is 7.51. The first-order valence-corrected chi connectivity index (χ1v) is 10.3. The van der Waals surface area contributed by atoms with E-state index in [1.54, 1.807) is 60.1 Å². The van der Waals surface area contributed by atoms with Gasteiger partial charge in [0.15, 0.2) is 11.0 Å². The smallest absolute Gasteiger partial charge is 0.255 e. The highest BCUT2D eigenvalue weighted by Crippen LogP contribution is 2.22. The minimum Gasteiger partial charge on any atom is -0.496 e. The molecule has 0 fully saturated rings. The maximum Gasteiger partial charge on any atom is 0.255 e. The fourth-order valence-corrected chi connectivity index (χ4v) is 3.50. The Hall–Kier alpha value is -3.04. The lowest BCUT2D eigenvalue weighted by Gasteiger charge is -2.09. The third-order valence-electron chi connectivity index (χ3n) is 4.16. The van der Waals surface area contributed by atoms with Crippen LogP contribution in [0.15, 0.2) is 53.7 Å². The molecule has 10 heteroatoms. The fourth-order valence-electron chi connectivity index (χ4n) is 2.59. The number of hydrogen-bond donors (Lipinski definition) is 2. The molecule has 0 spiro atoms. The van der Waals surface area contributed by atoms with Gasteiger partial charge in [0.1, 0.15) is 5.75 Å². The number of methoxy groups -OCH3 is 1. The molecule has 8 nitrogen and oxygen atoms in total. The van der Waals surface area contributed by atoms with E-state index in [-0.39, 0.29) is 24.1 Å². The molecule has 0 saturated carbocycles. The molecule has 2 aromatic carbocycles. The summed E-state index contributed by atoms with van der Waals surface area (Å²) in [6, 6.07) is 14.0.